The van der Waals surface area contributed by atoms with Crippen LogP contribution in [0.4, 0.5) is 9.59 Å². The van der Waals surface area contributed by atoms with Crippen LogP contribution in [-0.4, -0.2) is 58.9 Å². The number of piperidine rings is 1. The van der Waals surface area contributed by atoms with E-state index in [1.54, 1.807) is 4.90 Å². The van der Waals surface area contributed by atoms with Crippen molar-refractivity contribution in [1.29, 1.82) is 0 Å². The number of carboxylic acid groups (broad SMARTS) is 1. The fraction of sp³-hybridized carbons (Fsp3) is 0.833. The van der Waals surface area contributed by atoms with Gasteiger partial charge in [0.25, 0.3) is 0 Å². The molecule has 1 rings (SSSR count). The Morgan fingerprint density at radius 2 is 2.00 bits per heavy atom. The highest BCUT2D eigenvalue weighted by Crippen LogP contribution is 2.18. The van der Waals surface area contributed by atoms with Crippen LogP contribution in [0.2, 0.25) is 0 Å². The number of carbonyl (C=O) groups excluding carboxylic acids is 1. The lowest BCUT2D eigenvalue weighted by Gasteiger charge is -2.37. The molecule has 1 fully saturated rings. The third kappa shape index (κ3) is 4.09. The largest absolute Gasteiger partial charge is 0.465 e. The molecule has 18 heavy (non-hydrogen) atoms. The first-order chi connectivity index (χ1) is 8.20. The molecule has 0 saturated carbocycles. The number of nitrogens with zero attached hydrogens (tertiary/aromatic N) is 2. The minimum atomic E-state index is -0.967. The van der Waals surface area contributed by atoms with Crippen molar-refractivity contribution >= 4 is 12.2 Å². The van der Waals surface area contributed by atoms with Crippen LogP contribution in [0.15, 0.2) is 0 Å². The minimum absolute atomic E-state index is 0.149. The molecule has 6 nitrogen and oxygen atoms in total. The van der Waals surface area contributed by atoms with Crippen LogP contribution >= 0.6 is 0 Å². The van der Waals surface area contributed by atoms with Gasteiger partial charge < -0.3 is 19.6 Å². The van der Waals surface area contributed by atoms with Crippen molar-refractivity contribution in [2.45, 2.75) is 45.3 Å². The lowest BCUT2D eigenvalue weighted by molar-refractivity contribution is 0.0130. The third-order valence-corrected chi connectivity index (χ3v) is 2.90. The first-order valence-corrected chi connectivity index (χ1v) is 6.14. The van der Waals surface area contributed by atoms with E-state index in [0.717, 1.165) is 12.8 Å². The van der Waals surface area contributed by atoms with E-state index in [4.69, 9.17) is 9.84 Å². The monoisotopic (exact) mass is 258 g/mol. The number of carbonyl (C=O) groups is 2. The average molecular weight is 258 g/mol. The molecule has 1 N–H and O–H groups in total. The third-order valence-electron chi connectivity index (χ3n) is 2.90. The smallest absolute Gasteiger partial charge is 0.410 e. The number of likely N-dealkylation sites (tertiary alicyclic amines) is 1. The molecule has 0 radical (unpaired) electrons. The predicted molar refractivity (Wildman–Crippen MR) is 66.6 cm³/mol. The number of rotatable bonds is 1. The predicted octanol–water partition coefficient (Wildman–Crippen LogP) is 2.00. The summed E-state index contributed by atoms with van der Waals surface area (Å²) < 4.78 is 5.29. The molecule has 2 amide bonds. The Bertz CT molecular complexity index is 325. The molecule has 0 aromatic heterocycles. The second-order valence-corrected chi connectivity index (χ2v) is 5.62. The summed E-state index contributed by atoms with van der Waals surface area (Å²) in [6.45, 7) is 6.47. The van der Waals surface area contributed by atoms with E-state index in [9.17, 15) is 9.59 Å². The molecule has 0 aliphatic carbocycles. The van der Waals surface area contributed by atoms with Crippen molar-refractivity contribution in [2.75, 3.05) is 20.1 Å². The quantitative estimate of drug-likeness (QED) is 0.781. The first-order valence-electron chi connectivity index (χ1n) is 6.14. The Kier molecular flexibility index (Phi) is 4.43. The van der Waals surface area contributed by atoms with Crippen LogP contribution in [-0.2, 0) is 4.74 Å². The molecule has 0 aromatic carbocycles. The minimum Gasteiger partial charge on any atom is -0.465 e. The summed E-state index contributed by atoms with van der Waals surface area (Å²) in [5.74, 6) is 0. The van der Waals surface area contributed by atoms with Gasteiger partial charge in [0.2, 0.25) is 0 Å². The van der Waals surface area contributed by atoms with Gasteiger partial charge in [0.15, 0.2) is 0 Å². The second-order valence-electron chi connectivity index (χ2n) is 5.62. The molecule has 1 aliphatic heterocycles. The molecule has 1 unspecified atom stereocenters. The highest BCUT2D eigenvalue weighted by atomic mass is 16.6. The highest BCUT2D eigenvalue weighted by molar-refractivity contribution is 5.69. The summed E-state index contributed by atoms with van der Waals surface area (Å²) in [6, 6.07) is -0.149. The SMILES string of the molecule is CN(C(=O)O)C1CCCN(C(=O)OC(C)(C)C)C1. The first kappa shape index (κ1) is 14.6. The molecule has 1 aliphatic rings. The van der Waals surface area contributed by atoms with Crippen molar-refractivity contribution in [3.05, 3.63) is 0 Å². The summed E-state index contributed by atoms with van der Waals surface area (Å²) in [7, 11) is 1.53. The van der Waals surface area contributed by atoms with Gasteiger partial charge >= 0.3 is 12.2 Å². The molecule has 0 bridgehead atoms. The standard InChI is InChI=1S/C12H22N2O4/c1-12(2,3)18-11(17)14-7-5-6-9(8-14)13(4)10(15)16/h9H,5-8H2,1-4H3,(H,15,16). The Balaban J connectivity index is 2.58. The van der Waals surface area contributed by atoms with E-state index >= 15 is 0 Å². The van der Waals surface area contributed by atoms with Gasteiger partial charge in [-0.15, -0.1) is 0 Å². The van der Waals surface area contributed by atoms with Crippen molar-refractivity contribution < 1.29 is 19.4 Å². The van der Waals surface area contributed by atoms with Crippen LogP contribution in [0.1, 0.15) is 33.6 Å². The number of amides is 2. The van der Waals surface area contributed by atoms with E-state index in [0.29, 0.717) is 13.1 Å². The maximum absolute atomic E-state index is 11.9. The van der Waals surface area contributed by atoms with Gasteiger partial charge in [0.05, 0.1) is 6.04 Å². The Morgan fingerprint density at radius 3 is 2.50 bits per heavy atom. The number of hydrogen-bond donors (Lipinski definition) is 1. The maximum Gasteiger partial charge on any atom is 0.410 e. The van der Waals surface area contributed by atoms with Gasteiger partial charge in [-0.2, -0.15) is 0 Å². The molecule has 1 heterocycles. The summed E-state index contributed by atoms with van der Waals surface area (Å²) in [4.78, 5) is 25.6. The van der Waals surface area contributed by atoms with Crippen molar-refractivity contribution in [3.63, 3.8) is 0 Å². The van der Waals surface area contributed by atoms with Crippen LogP contribution in [0, 0.1) is 0 Å². The molecule has 1 saturated heterocycles. The average Bonchev–Trinajstić information content (AvgIpc) is 2.25. The van der Waals surface area contributed by atoms with Crippen molar-refractivity contribution in [3.8, 4) is 0 Å². The van der Waals surface area contributed by atoms with Gasteiger partial charge in [-0.05, 0) is 33.6 Å². The van der Waals surface area contributed by atoms with Crippen LogP contribution in [0.5, 0.6) is 0 Å². The lowest BCUT2D eigenvalue weighted by Crippen LogP contribution is -2.51. The summed E-state index contributed by atoms with van der Waals surface area (Å²) in [5, 5.41) is 8.94. The van der Waals surface area contributed by atoms with Gasteiger partial charge in [0.1, 0.15) is 5.60 Å². The highest BCUT2D eigenvalue weighted by Gasteiger charge is 2.30. The zero-order valence-electron chi connectivity index (χ0n) is 11.5. The van der Waals surface area contributed by atoms with E-state index in [1.807, 2.05) is 20.8 Å². The van der Waals surface area contributed by atoms with Gasteiger partial charge in [-0.3, -0.25) is 0 Å². The lowest BCUT2D eigenvalue weighted by atomic mass is 10.1. The topological polar surface area (TPSA) is 70.1 Å². The zero-order valence-corrected chi connectivity index (χ0v) is 11.5. The molecule has 104 valence electrons. The van der Waals surface area contributed by atoms with Crippen molar-refractivity contribution in [1.82, 2.24) is 9.80 Å². The zero-order chi connectivity index (χ0) is 13.9. The number of likely N-dealkylation sites (N-methyl/N-ethyl adjacent to an activating group) is 1. The van der Waals surface area contributed by atoms with E-state index in [-0.39, 0.29) is 12.1 Å². The number of ether oxygens (including phenoxy) is 1. The fourth-order valence-electron chi connectivity index (χ4n) is 1.92. The molecular weight excluding hydrogens is 236 g/mol. The molecule has 1 atom stereocenters. The van der Waals surface area contributed by atoms with Crippen LogP contribution in [0.25, 0.3) is 0 Å². The Labute approximate surface area is 107 Å². The molecule has 0 aromatic rings. The summed E-state index contributed by atoms with van der Waals surface area (Å²) >= 11 is 0. The normalized spacial score (nSPS) is 20.4. The Morgan fingerprint density at radius 1 is 1.39 bits per heavy atom. The molecular formula is C12H22N2O4. The molecule has 6 heteroatoms. The fourth-order valence-corrected chi connectivity index (χ4v) is 1.92. The Hall–Kier alpha value is -1.46. The van der Waals surface area contributed by atoms with Crippen molar-refractivity contribution in [2.24, 2.45) is 0 Å². The van der Waals surface area contributed by atoms with E-state index < -0.39 is 11.7 Å². The van der Waals surface area contributed by atoms with Gasteiger partial charge in [-0.1, -0.05) is 0 Å². The molecule has 0 spiro atoms. The van der Waals surface area contributed by atoms with Gasteiger partial charge in [0, 0.05) is 20.1 Å². The second kappa shape index (κ2) is 5.46. The maximum atomic E-state index is 11.9. The summed E-state index contributed by atoms with van der Waals surface area (Å²) in [6.07, 6.45) is 0.237. The van der Waals surface area contributed by atoms with Crippen LogP contribution in [0.3, 0.4) is 0 Å². The number of hydrogen-bond acceptors (Lipinski definition) is 3. The van der Waals surface area contributed by atoms with E-state index in [1.165, 1.54) is 11.9 Å². The van der Waals surface area contributed by atoms with E-state index in [2.05, 4.69) is 0 Å². The van der Waals surface area contributed by atoms with Gasteiger partial charge in [-0.25, -0.2) is 9.59 Å². The summed E-state index contributed by atoms with van der Waals surface area (Å²) in [5.41, 5.74) is -0.525. The van der Waals surface area contributed by atoms with Crippen LogP contribution < -0.4 is 0 Å².